The summed E-state index contributed by atoms with van der Waals surface area (Å²) >= 11 is 0. The molecule has 0 spiro atoms. The molecular weight excluding hydrogens is 308 g/mol. The summed E-state index contributed by atoms with van der Waals surface area (Å²) in [7, 11) is 0. The summed E-state index contributed by atoms with van der Waals surface area (Å²) < 4.78 is 5.66. The zero-order valence-corrected chi connectivity index (χ0v) is 12.5. The van der Waals surface area contributed by atoms with Gasteiger partial charge in [0.2, 0.25) is 0 Å². The molecule has 0 aliphatic carbocycles. The Kier molecular flexibility index (Phi) is 4.29. The highest BCUT2D eigenvalue weighted by Crippen LogP contribution is 2.22. The van der Waals surface area contributed by atoms with E-state index in [4.69, 9.17) is 4.74 Å². The molecule has 3 N–H and O–H groups in total. The Morgan fingerprint density at radius 2 is 1.62 bits per heavy atom. The molecule has 6 heteroatoms. The number of aromatic nitrogens is 1. The third-order valence-electron chi connectivity index (χ3n) is 3.18. The van der Waals surface area contributed by atoms with E-state index in [1.165, 1.54) is 6.07 Å². The average Bonchev–Trinajstić information content (AvgIpc) is 2.57. The van der Waals surface area contributed by atoms with Crippen LogP contribution in [0.1, 0.15) is 10.4 Å². The first kappa shape index (κ1) is 15.4. The smallest absolute Gasteiger partial charge is 0.256 e. The van der Waals surface area contributed by atoms with Crippen molar-refractivity contribution in [2.75, 3.05) is 5.32 Å². The van der Waals surface area contributed by atoms with Crippen molar-refractivity contribution in [2.45, 2.75) is 0 Å². The fourth-order valence-electron chi connectivity index (χ4n) is 2.09. The van der Waals surface area contributed by atoms with Gasteiger partial charge in [0.1, 0.15) is 11.5 Å². The summed E-state index contributed by atoms with van der Waals surface area (Å²) in [6.45, 7) is 0. The summed E-state index contributed by atoms with van der Waals surface area (Å²) in [5.41, 5.74) is 0.0628. The van der Waals surface area contributed by atoms with Crippen LogP contribution in [0.15, 0.2) is 71.5 Å². The minimum Gasteiger partial charge on any atom is -0.494 e. The van der Waals surface area contributed by atoms with E-state index in [0.29, 0.717) is 17.2 Å². The lowest BCUT2D eigenvalue weighted by molar-refractivity contribution is 0.102. The number of ether oxygens (including phenoxy) is 1. The van der Waals surface area contributed by atoms with E-state index in [0.717, 1.165) is 6.07 Å². The minimum atomic E-state index is -0.549. The SMILES string of the molecule is O=C(Nc1ccc(Oc2ccccc2)cc1)c1cc(O)[nH]c(=O)c1. The van der Waals surface area contributed by atoms with Gasteiger partial charge in [0.25, 0.3) is 11.5 Å². The Bertz CT molecular complexity index is 902. The van der Waals surface area contributed by atoms with Crippen molar-refractivity contribution in [1.82, 2.24) is 4.98 Å². The summed E-state index contributed by atoms with van der Waals surface area (Å²) in [5.74, 6) is 0.494. The number of carbonyl (C=O) groups excluding carboxylic acids is 1. The van der Waals surface area contributed by atoms with Crippen molar-refractivity contribution in [1.29, 1.82) is 0 Å². The third-order valence-corrected chi connectivity index (χ3v) is 3.18. The van der Waals surface area contributed by atoms with Crippen molar-refractivity contribution < 1.29 is 14.6 Å². The monoisotopic (exact) mass is 322 g/mol. The summed E-state index contributed by atoms with van der Waals surface area (Å²) in [6, 6.07) is 18.4. The molecule has 0 fully saturated rings. The maximum atomic E-state index is 12.1. The van der Waals surface area contributed by atoms with Crippen LogP contribution in [0.2, 0.25) is 0 Å². The predicted molar refractivity (Wildman–Crippen MR) is 89.6 cm³/mol. The van der Waals surface area contributed by atoms with Gasteiger partial charge in [-0.2, -0.15) is 0 Å². The number of hydrogen-bond acceptors (Lipinski definition) is 4. The number of aromatic amines is 1. The molecule has 3 aromatic rings. The van der Waals surface area contributed by atoms with E-state index in [1.807, 2.05) is 30.3 Å². The number of benzene rings is 2. The van der Waals surface area contributed by atoms with Crippen LogP contribution >= 0.6 is 0 Å². The van der Waals surface area contributed by atoms with Gasteiger partial charge < -0.3 is 15.2 Å². The number of aromatic hydroxyl groups is 1. The van der Waals surface area contributed by atoms with Crippen molar-refractivity contribution >= 4 is 11.6 Å². The van der Waals surface area contributed by atoms with E-state index >= 15 is 0 Å². The number of amides is 1. The van der Waals surface area contributed by atoms with E-state index in [9.17, 15) is 14.7 Å². The Labute approximate surface area is 137 Å². The lowest BCUT2D eigenvalue weighted by Gasteiger charge is -2.08. The van der Waals surface area contributed by atoms with Crippen LogP contribution in [-0.4, -0.2) is 16.0 Å². The van der Waals surface area contributed by atoms with Crippen LogP contribution in [0.5, 0.6) is 17.4 Å². The summed E-state index contributed by atoms with van der Waals surface area (Å²) in [6.07, 6.45) is 0. The quantitative estimate of drug-likeness (QED) is 0.688. The second kappa shape index (κ2) is 6.70. The number of pyridine rings is 1. The molecule has 120 valence electrons. The highest BCUT2D eigenvalue weighted by atomic mass is 16.5. The van der Waals surface area contributed by atoms with Gasteiger partial charge in [-0.1, -0.05) is 18.2 Å². The van der Waals surface area contributed by atoms with E-state index < -0.39 is 11.5 Å². The fraction of sp³-hybridized carbons (Fsp3) is 0. The van der Waals surface area contributed by atoms with Gasteiger partial charge >= 0.3 is 0 Å². The molecule has 0 aliphatic heterocycles. The first-order valence-corrected chi connectivity index (χ1v) is 7.18. The topological polar surface area (TPSA) is 91.4 Å². The first-order chi connectivity index (χ1) is 11.6. The molecule has 1 amide bonds. The zero-order chi connectivity index (χ0) is 16.9. The molecule has 0 atom stereocenters. The van der Waals surface area contributed by atoms with Gasteiger partial charge in [-0.25, -0.2) is 0 Å². The fourth-order valence-corrected chi connectivity index (χ4v) is 2.09. The number of rotatable bonds is 4. The van der Waals surface area contributed by atoms with Gasteiger partial charge in [-0.05, 0) is 36.4 Å². The van der Waals surface area contributed by atoms with Crippen LogP contribution < -0.4 is 15.6 Å². The van der Waals surface area contributed by atoms with Gasteiger partial charge in [-0.15, -0.1) is 0 Å². The number of anilines is 1. The van der Waals surface area contributed by atoms with Crippen LogP contribution in [0.3, 0.4) is 0 Å². The van der Waals surface area contributed by atoms with E-state index in [1.54, 1.807) is 24.3 Å². The molecular formula is C18H14N2O4. The van der Waals surface area contributed by atoms with Crippen molar-refractivity contribution in [3.63, 3.8) is 0 Å². The predicted octanol–water partition coefficient (Wildman–Crippen LogP) is 3.13. The number of para-hydroxylation sites is 1. The largest absolute Gasteiger partial charge is 0.494 e. The Hall–Kier alpha value is -3.54. The van der Waals surface area contributed by atoms with Crippen molar-refractivity contribution in [3.8, 4) is 17.4 Å². The molecule has 1 aromatic heterocycles. The molecule has 3 rings (SSSR count). The molecule has 24 heavy (non-hydrogen) atoms. The molecule has 0 radical (unpaired) electrons. The van der Waals surface area contributed by atoms with E-state index in [2.05, 4.69) is 10.3 Å². The van der Waals surface area contributed by atoms with Crippen molar-refractivity contribution in [3.05, 3.63) is 82.6 Å². The van der Waals surface area contributed by atoms with Crippen LogP contribution in [0, 0.1) is 0 Å². The van der Waals surface area contributed by atoms with Gasteiger partial charge in [-0.3, -0.25) is 14.6 Å². The number of hydrogen-bond donors (Lipinski definition) is 3. The highest BCUT2D eigenvalue weighted by molar-refractivity contribution is 6.04. The second-order valence-electron chi connectivity index (χ2n) is 5.01. The molecule has 0 saturated heterocycles. The molecule has 2 aromatic carbocycles. The average molecular weight is 322 g/mol. The Balaban J connectivity index is 1.69. The van der Waals surface area contributed by atoms with E-state index in [-0.39, 0.29) is 11.4 Å². The summed E-state index contributed by atoms with van der Waals surface area (Å²) in [5, 5.41) is 12.0. The number of nitrogens with one attached hydrogen (secondary N) is 2. The van der Waals surface area contributed by atoms with Gasteiger partial charge in [0.05, 0.1) is 5.56 Å². The Morgan fingerprint density at radius 3 is 2.29 bits per heavy atom. The lowest BCUT2D eigenvalue weighted by Crippen LogP contribution is -2.15. The number of carbonyl (C=O) groups is 1. The third kappa shape index (κ3) is 3.80. The van der Waals surface area contributed by atoms with Gasteiger partial charge in [0, 0.05) is 17.8 Å². The standard InChI is InChI=1S/C18H14N2O4/c21-16-10-12(11-17(22)20-16)18(23)19-13-6-8-15(9-7-13)24-14-4-2-1-3-5-14/h1-11H,(H,19,23)(H2,20,21,22). The van der Waals surface area contributed by atoms with Crippen LogP contribution in [0.25, 0.3) is 0 Å². The molecule has 6 nitrogen and oxygen atoms in total. The lowest BCUT2D eigenvalue weighted by atomic mass is 10.2. The first-order valence-electron chi connectivity index (χ1n) is 7.18. The second-order valence-corrected chi connectivity index (χ2v) is 5.01. The molecule has 0 unspecified atom stereocenters. The summed E-state index contributed by atoms with van der Waals surface area (Å²) in [4.78, 5) is 25.5. The molecule has 0 saturated carbocycles. The van der Waals surface area contributed by atoms with Crippen LogP contribution in [-0.2, 0) is 0 Å². The van der Waals surface area contributed by atoms with Gasteiger partial charge in [0.15, 0.2) is 5.88 Å². The molecule has 0 bridgehead atoms. The normalized spacial score (nSPS) is 10.2. The zero-order valence-electron chi connectivity index (χ0n) is 12.5. The minimum absolute atomic E-state index is 0.0702. The highest BCUT2D eigenvalue weighted by Gasteiger charge is 2.09. The van der Waals surface area contributed by atoms with Crippen LogP contribution in [0.4, 0.5) is 5.69 Å². The molecule has 1 heterocycles. The number of H-pyrrole nitrogens is 1. The molecule has 0 aliphatic rings. The maximum absolute atomic E-state index is 12.1. The van der Waals surface area contributed by atoms with Crippen molar-refractivity contribution in [2.24, 2.45) is 0 Å². The Morgan fingerprint density at radius 1 is 0.958 bits per heavy atom. The maximum Gasteiger partial charge on any atom is 0.256 e.